The van der Waals surface area contributed by atoms with Crippen LogP contribution in [0.1, 0.15) is 33.2 Å². The van der Waals surface area contributed by atoms with Gasteiger partial charge in [0, 0.05) is 37.7 Å². The van der Waals surface area contributed by atoms with Gasteiger partial charge in [-0.2, -0.15) is 0 Å². The Kier molecular flexibility index (Phi) is 8.12. The molecule has 0 bridgehead atoms. The van der Waals surface area contributed by atoms with Crippen LogP contribution < -0.4 is 5.32 Å². The maximum atomic E-state index is 12.8. The second-order valence-electron chi connectivity index (χ2n) is 7.53. The molecular weight excluding hydrogens is 453 g/mol. The normalized spacial score (nSPS) is 15.2. The summed E-state index contributed by atoms with van der Waals surface area (Å²) in [6.07, 6.45) is 0. The van der Waals surface area contributed by atoms with Gasteiger partial charge in [0.15, 0.2) is 0 Å². The van der Waals surface area contributed by atoms with E-state index < -0.39 is 5.97 Å². The number of piperazine rings is 1. The van der Waals surface area contributed by atoms with Crippen LogP contribution in [0.25, 0.3) is 0 Å². The van der Waals surface area contributed by atoms with Gasteiger partial charge in [0.1, 0.15) is 0 Å². The van der Waals surface area contributed by atoms with Gasteiger partial charge in [-0.25, -0.2) is 4.79 Å². The quantitative estimate of drug-likeness (QED) is 0.646. The molecule has 1 atom stereocenters. The maximum absolute atomic E-state index is 12.8. The van der Waals surface area contributed by atoms with Crippen LogP contribution in [0.4, 0.5) is 0 Å². The third-order valence-corrected chi connectivity index (χ3v) is 6.08. The van der Waals surface area contributed by atoms with E-state index in [0.717, 1.165) is 5.56 Å². The molecule has 32 heavy (non-hydrogen) atoms. The van der Waals surface area contributed by atoms with Crippen LogP contribution in [-0.4, -0.2) is 66.9 Å². The number of hydrogen-bond donors (Lipinski definition) is 1. The molecule has 3 rings (SSSR count). The molecule has 0 aromatic heterocycles. The standard InChI is InChI=1S/C23H25Cl2N3O4/c1-15(21(29)26-14-16-3-5-17(6-4-16)23(31)32-2)27-9-11-28(12-10-27)22(30)19-8-7-18(24)13-20(19)25/h3-8,13,15H,9-12,14H2,1-2H3,(H,26,29). The van der Waals surface area contributed by atoms with Gasteiger partial charge in [-0.05, 0) is 42.8 Å². The van der Waals surface area contributed by atoms with E-state index in [-0.39, 0.29) is 17.9 Å². The average Bonchev–Trinajstić information content (AvgIpc) is 2.81. The number of carbonyl (C=O) groups excluding carboxylic acids is 3. The summed E-state index contributed by atoms with van der Waals surface area (Å²) in [5, 5.41) is 3.74. The van der Waals surface area contributed by atoms with E-state index in [0.29, 0.717) is 53.9 Å². The number of carbonyl (C=O) groups is 3. The van der Waals surface area contributed by atoms with Gasteiger partial charge >= 0.3 is 5.97 Å². The van der Waals surface area contributed by atoms with Crippen molar-refractivity contribution in [1.82, 2.24) is 15.1 Å². The Labute approximate surface area is 197 Å². The van der Waals surface area contributed by atoms with Crippen molar-refractivity contribution in [3.63, 3.8) is 0 Å². The number of methoxy groups -OCH3 is 1. The minimum atomic E-state index is -0.398. The third-order valence-electron chi connectivity index (χ3n) is 5.53. The van der Waals surface area contributed by atoms with E-state index in [9.17, 15) is 14.4 Å². The lowest BCUT2D eigenvalue weighted by Crippen LogP contribution is -2.54. The first kappa shape index (κ1) is 24.0. The number of ether oxygens (including phenoxy) is 1. The van der Waals surface area contributed by atoms with Crippen molar-refractivity contribution in [3.8, 4) is 0 Å². The van der Waals surface area contributed by atoms with Crippen molar-refractivity contribution in [1.29, 1.82) is 0 Å². The third kappa shape index (κ3) is 5.79. The number of rotatable bonds is 6. The van der Waals surface area contributed by atoms with Crippen LogP contribution in [0.5, 0.6) is 0 Å². The molecule has 0 aliphatic carbocycles. The van der Waals surface area contributed by atoms with Crippen LogP contribution in [0.2, 0.25) is 10.0 Å². The summed E-state index contributed by atoms with van der Waals surface area (Å²) in [6, 6.07) is 11.4. The Morgan fingerprint density at radius 2 is 1.69 bits per heavy atom. The van der Waals surface area contributed by atoms with Crippen LogP contribution >= 0.6 is 23.2 Å². The first-order chi connectivity index (χ1) is 15.3. The Balaban J connectivity index is 1.49. The fourth-order valence-electron chi connectivity index (χ4n) is 3.52. The molecular formula is C23H25Cl2N3O4. The minimum Gasteiger partial charge on any atom is -0.465 e. The molecule has 1 N–H and O–H groups in total. The number of amides is 2. The monoisotopic (exact) mass is 477 g/mol. The molecule has 0 radical (unpaired) electrons. The summed E-state index contributed by atoms with van der Waals surface area (Å²) in [5.41, 5.74) is 1.77. The van der Waals surface area contributed by atoms with Gasteiger partial charge in [-0.3, -0.25) is 14.5 Å². The number of hydrogen-bond acceptors (Lipinski definition) is 5. The number of halogens is 2. The van der Waals surface area contributed by atoms with E-state index in [4.69, 9.17) is 23.2 Å². The van der Waals surface area contributed by atoms with Crippen molar-refractivity contribution >= 4 is 41.0 Å². The summed E-state index contributed by atoms with van der Waals surface area (Å²) < 4.78 is 4.68. The lowest BCUT2D eigenvalue weighted by molar-refractivity contribution is -0.126. The number of esters is 1. The second-order valence-corrected chi connectivity index (χ2v) is 8.38. The molecule has 2 aromatic rings. The molecule has 1 fully saturated rings. The first-order valence-corrected chi connectivity index (χ1v) is 11.0. The first-order valence-electron chi connectivity index (χ1n) is 10.2. The predicted molar refractivity (Wildman–Crippen MR) is 123 cm³/mol. The highest BCUT2D eigenvalue weighted by atomic mass is 35.5. The largest absolute Gasteiger partial charge is 0.465 e. The molecule has 1 saturated heterocycles. The van der Waals surface area contributed by atoms with Crippen molar-refractivity contribution in [2.45, 2.75) is 19.5 Å². The summed E-state index contributed by atoms with van der Waals surface area (Å²) in [4.78, 5) is 40.6. The summed E-state index contributed by atoms with van der Waals surface area (Å²) in [7, 11) is 1.33. The van der Waals surface area contributed by atoms with Gasteiger partial charge in [0.2, 0.25) is 5.91 Å². The van der Waals surface area contributed by atoms with Gasteiger partial charge in [0.05, 0.1) is 29.3 Å². The van der Waals surface area contributed by atoms with E-state index in [1.807, 2.05) is 11.8 Å². The molecule has 1 aliphatic rings. The van der Waals surface area contributed by atoms with Crippen molar-refractivity contribution in [3.05, 3.63) is 69.2 Å². The summed E-state index contributed by atoms with van der Waals surface area (Å²) >= 11 is 12.1. The zero-order chi connectivity index (χ0) is 23.3. The zero-order valence-corrected chi connectivity index (χ0v) is 19.4. The van der Waals surface area contributed by atoms with E-state index in [1.165, 1.54) is 7.11 Å². The second kappa shape index (κ2) is 10.8. The van der Waals surface area contributed by atoms with Crippen molar-refractivity contribution in [2.24, 2.45) is 0 Å². The van der Waals surface area contributed by atoms with Crippen LogP contribution in [0.15, 0.2) is 42.5 Å². The smallest absolute Gasteiger partial charge is 0.337 e. The molecule has 1 heterocycles. The molecule has 1 aliphatic heterocycles. The van der Waals surface area contributed by atoms with Crippen LogP contribution in [0, 0.1) is 0 Å². The Bertz CT molecular complexity index is 989. The molecule has 1 unspecified atom stereocenters. The lowest BCUT2D eigenvalue weighted by Gasteiger charge is -2.37. The van der Waals surface area contributed by atoms with Gasteiger partial charge in [-0.1, -0.05) is 35.3 Å². The number of nitrogens with zero attached hydrogens (tertiary/aromatic N) is 2. The SMILES string of the molecule is COC(=O)c1ccc(CNC(=O)C(C)N2CCN(C(=O)c3ccc(Cl)cc3Cl)CC2)cc1. The molecule has 170 valence electrons. The Morgan fingerprint density at radius 1 is 1.03 bits per heavy atom. The number of nitrogens with one attached hydrogen (secondary N) is 1. The summed E-state index contributed by atoms with van der Waals surface area (Å²) in [5.74, 6) is -0.633. The molecule has 9 heteroatoms. The van der Waals surface area contributed by atoms with E-state index in [2.05, 4.69) is 10.1 Å². The van der Waals surface area contributed by atoms with Gasteiger partial charge in [-0.15, -0.1) is 0 Å². The molecule has 2 aromatic carbocycles. The van der Waals surface area contributed by atoms with Crippen LogP contribution in [0.3, 0.4) is 0 Å². The highest BCUT2D eigenvalue weighted by Crippen LogP contribution is 2.23. The predicted octanol–water partition coefficient (Wildman–Crippen LogP) is 3.24. The van der Waals surface area contributed by atoms with E-state index >= 15 is 0 Å². The molecule has 0 spiro atoms. The maximum Gasteiger partial charge on any atom is 0.337 e. The van der Waals surface area contributed by atoms with Gasteiger partial charge in [0.25, 0.3) is 5.91 Å². The fraction of sp³-hybridized carbons (Fsp3) is 0.348. The summed E-state index contributed by atoms with van der Waals surface area (Å²) in [6.45, 7) is 4.38. The average molecular weight is 478 g/mol. The zero-order valence-electron chi connectivity index (χ0n) is 17.9. The molecule has 0 saturated carbocycles. The highest BCUT2D eigenvalue weighted by molar-refractivity contribution is 6.36. The Hall–Kier alpha value is -2.61. The molecule has 7 nitrogen and oxygen atoms in total. The fourth-order valence-corrected chi connectivity index (χ4v) is 4.01. The highest BCUT2D eigenvalue weighted by Gasteiger charge is 2.28. The Morgan fingerprint density at radius 3 is 2.28 bits per heavy atom. The molecule has 2 amide bonds. The van der Waals surface area contributed by atoms with Crippen molar-refractivity contribution in [2.75, 3.05) is 33.3 Å². The lowest BCUT2D eigenvalue weighted by atomic mass is 10.1. The van der Waals surface area contributed by atoms with E-state index in [1.54, 1.807) is 47.4 Å². The van der Waals surface area contributed by atoms with Crippen molar-refractivity contribution < 1.29 is 19.1 Å². The van der Waals surface area contributed by atoms with Crippen LogP contribution in [-0.2, 0) is 16.1 Å². The number of benzene rings is 2. The topological polar surface area (TPSA) is 79.0 Å². The minimum absolute atomic E-state index is 0.0948. The van der Waals surface area contributed by atoms with Gasteiger partial charge < -0.3 is 15.0 Å².